The lowest BCUT2D eigenvalue weighted by molar-refractivity contribution is -0.148. The highest BCUT2D eigenvalue weighted by atomic mass is 16.6. The van der Waals surface area contributed by atoms with E-state index in [0.717, 1.165) is 18.4 Å². The summed E-state index contributed by atoms with van der Waals surface area (Å²) >= 11 is 0. The summed E-state index contributed by atoms with van der Waals surface area (Å²) in [6.45, 7) is 3.06. The Labute approximate surface area is 202 Å². The predicted molar refractivity (Wildman–Crippen MR) is 128 cm³/mol. The highest BCUT2D eigenvalue weighted by Crippen LogP contribution is 2.14. The standard InChI is InChI=1S/C25H40N2O7/c1-31-14-15-32-12-6-5-10-23(28)20-27-25(30)22(18-21-8-3-2-4-9-21)19-24(29)34-17-16-33-13-7-11-26/h2-4,8-9,22H,5-7,10-20,26H2,1H3,(H,27,30). The van der Waals surface area contributed by atoms with E-state index in [4.69, 9.17) is 24.7 Å². The summed E-state index contributed by atoms with van der Waals surface area (Å²) in [5.41, 5.74) is 6.33. The van der Waals surface area contributed by atoms with E-state index >= 15 is 0 Å². The highest BCUT2D eigenvalue weighted by Gasteiger charge is 2.23. The molecule has 0 aromatic heterocycles. The fourth-order valence-corrected chi connectivity index (χ4v) is 3.11. The predicted octanol–water partition coefficient (Wildman–Crippen LogP) is 1.66. The quantitative estimate of drug-likeness (QED) is 0.201. The Balaban J connectivity index is 2.42. The maximum Gasteiger partial charge on any atom is 0.306 e. The molecule has 0 aliphatic rings. The zero-order valence-electron chi connectivity index (χ0n) is 20.3. The molecule has 0 spiro atoms. The number of carbonyl (C=O) groups excluding carboxylic acids is 3. The molecule has 1 unspecified atom stereocenters. The summed E-state index contributed by atoms with van der Waals surface area (Å²) in [5, 5.41) is 2.69. The number of nitrogens with two attached hydrogens (primary N) is 1. The lowest BCUT2D eigenvalue weighted by Gasteiger charge is -2.16. The van der Waals surface area contributed by atoms with E-state index in [2.05, 4.69) is 5.32 Å². The third-order valence-corrected chi connectivity index (χ3v) is 4.98. The molecule has 1 atom stereocenters. The van der Waals surface area contributed by atoms with Gasteiger partial charge in [-0.1, -0.05) is 30.3 Å². The first-order valence-corrected chi connectivity index (χ1v) is 11.9. The van der Waals surface area contributed by atoms with Crippen molar-refractivity contribution in [3.05, 3.63) is 35.9 Å². The van der Waals surface area contributed by atoms with E-state index in [0.29, 0.717) is 52.2 Å². The minimum atomic E-state index is -0.630. The molecule has 9 nitrogen and oxygen atoms in total. The molecule has 0 bridgehead atoms. The number of ether oxygens (including phenoxy) is 4. The van der Waals surface area contributed by atoms with E-state index in [-0.39, 0.29) is 37.9 Å². The molecule has 0 heterocycles. The van der Waals surface area contributed by atoms with Crippen LogP contribution in [0, 0.1) is 5.92 Å². The zero-order chi connectivity index (χ0) is 24.9. The number of methoxy groups -OCH3 is 1. The van der Waals surface area contributed by atoms with Gasteiger partial charge in [0, 0.05) is 26.7 Å². The Morgan fingerprint density at radius 2 is 1.62 bits per heavy atom. The Hall–Kier alpha value is -2.33. The number of rotatable bonds is 21. The summed E-state index contributed by atoms with van der Waals surface area (Å²) < 4.78 is 20.8. The molecule has 0 aliphatic carbocycles. The Morgan fingerprint density at radius 3 is 2.32 bits per heavy atom. The number of benzene rings is 1. The number of ketones is 1. The van der Waals surface area contributed by atoms with Crippen molar-refractivity contribution in [2.24, 2.45) is 11.7 Å². The molecule has 3 N–H and O–H groups in total. The van der Waals surface area contributed by atoms with Crippen LogP contribution < -0.4 is 11.1 Å². The molecule has 0 saturated carbocycles. The largest absolute Gasteiger partial charge is 0.463 e. The average molecular weight is 481 g/mol. The zero-order valence-corrected chi connectivity index (χ0v) is 20.3. The van der Waals surface area contributed by atoms with Crippen LogP contribution in [0.5, 0.6) is 0 Å². The van der Waals surface area contributed by atoms with Gasteiger partial charge in [0.05, 0.1) is 38.7 Å². The number of Topliss-reactive ketones (excluding diaryl/α,β-unsaturated/α-hetero) is 1. The van der Waals surface area contributed by atoms with Gasteiger partial charge >= 0.3 is 5.97 Å². The molecule has 0 radical (unpaired) electrons. The fourth-order valence-electron chi connectivity index (χ4n) is 3.11. The summed E-state index contributed by atoms with van der Waals surface area (Å²) in [4.78, 5) is 37.2. The third-order valence-electron chi connectivity index (χ3n) is 4.98. The van der Waals surface area contributed by atoms with Crippen LogP contribution in [0.1, 0.15) is 37.7 Å². The third kappa shape index (κ3) is 15.5. The highest BCUT2D eigenvalue weighted by molar-refractivity contribution is 5.88. The smallest absolute Gasteiger partial charge is 0.306 e. The molecule has 192 valence electrons. The lowest BCUT2D eigenvalue weighted by atomic mass is 9.95. The molecule has 0 aliphatic heterocycles. The van der Waals surface area contributed by atoms with Crippen molar-refractivity contribution in [2.45, 2.75) is 38.5 Å². The lowest BCUT2D eigenvalue weighted by Crippen LogP contribution is -2.37. The molecule has 34 heavy (non-hydrogen) atoms. The van der Waals surface area contributed by atoms with Crippen molar-refractivity contribution in [1.29, 1.82) is 0 Å². The summed E-state index contributed by atoms with van der Waals surface area (Å²) in [7, 11) is 1.62. The van der Waals surface area contributed by atoms with Crippen LogP contribution in [-0.4, -0.2) is 77.5 Å². The van der Waals surface area contributed by atoms with Crippen LogP contribution in [-0.2, 0) is 39.8 Å². The van der Waals surface area contributed by atoms with Gasteiger partial charge < -0.3 is 30.0 Å². The van der Waals surface area contributed by atoms with Crippen molar-refractivity contribution in [1.82, 2.24) is 5.32 Å². The number of nitrogens with one attached hydrogen (secondary N) is 1. The first kappa shape index (κ1) is 29.7. The first-order chi connectivity index (χ1) is 16.6. The Bertz CT molecular complexity index is 685. The summed E-state index contributed by atoms with van der Waals surface area (Å²) in [6, 6.07) is 9.44. The molecule has 9 heteroatoms. The van der Waals surface area contributed by atoms with E-state index in [1.807, 2.05) is 30.3 Å². The maximum atomic E-state index is 12.8. The van der Waals surface area contributed by atoms with Gasteiger partial charge in [-0.05, 0) is 37.8 Å². The number of carbonyl (C=O) groups is 3. The molecule has 0 saturated heterocycles. The van der Waals surface area contributed by atoms with Crippen molar-refractivity contribution < 1.29 is 33.3 Å². The minimum absolute atomic E-state index is 0.0547. The van der Waals surface area contributed by atoms with E-state index < -0.39 is 11.9 Å². The van der Waals surface area contributed by atoms with Gasteiger partial charge in [-0.2, -0.15) is 0 Å². The van der Waals surface area contributed by atoms with Gasteiger partial charge in [-0.15, -0.1) is 0 Å². The first-order valence-electron chi connectivity index (χ1n) is 11.9. The molecule has 1 aromatic carbocycles. The summed E-state index contributed by atoms with van der Waals surface area (Å²) in [6.07, 6.45) is 2.87. The average Bonchev–Trinajstić information content (AvgIpc) is 2.84. The fraction of sp³-hybridized carbons (Fsp3) is 0.640. The van der Waals surface area contributed by atoms with Crippen LogP contribution in [0.4, 0.5) is 0 Å². The number of hydrogen-bond donors (Lipinski definition) is 2. The van der Waals surface area contributed by atoms with Gasteiger partial charge in [0.25, 0.3) is 0 Å². The SMILES string of the molecule is COCCOCCCCC(=O)CNC(=O)C(CC(=O)OCCOCCCN)Cc1ccccc1. The molecule has 1 amide bonds. The van der Waals surface area contributed by atoms with Gasteiger partial charge in [0.1, 0.15) is 6.61 Å². The van der Waals surface area contributed by atoms with Crippen LogP contribution >= 0.6 is 0 Å². The second-order valence-corrected chi connectivity index (χ2v) is 7.88. The van der Waals surface area contributed by atoms with Crippen LogP contribution in [0.3, 0.4) is 0 Å². The van der Waals surface area contributed by atoms with Crippen LogP contribution in [0.25, 0.3) is 0 Å². The van der Waals surface area contributed by atoms with E-state index in [1.165, 1.54) is 0 Å². The molecule has 1 aromatic rings. The second-order valence-electron chi connectivity index (χ2n) is 7.88. The van der Waals surface area contributed by atoms with E-state index in [9.17, 15) is 14.4 Å². The number of hydrogen-bond acceptors (Lipinski definition) is 8. The maximum absolute atomic E-state index is 12.8. The van der Waals surface area contributed by atoms with Crippen molar-refractivity contribution in [3.63, 3.8) is 0 Å². The van der Waals surface area contributed by atoms with Gasteiger partial charge in [0.2, 0.25) is 5.91 Å². The molecular formula is C25H40N2O7. The van der Waals surface area contributed by atoms with E-state index in [1.54, 1.807) is 7.11 Å². The normalized spacial score (nSPS) is 11.7. The minimum Gasteiger partial charge on any atom is -0.463 e. The number of unbranched alkanes of at least 4 members (excludes halogenated alkanes) is 1. The summed E-state index contributed by atoms with van der Waals surface area (Å²) in [5.74, 6) is -1.49. The van der Waals surface area contributed by atoms with Crippen molar-refractivity contribution in [2.75, 3.05) is 59.8 Å². The van der Waals surface area contributed by atoms with Gasteiger partial charge in [-0.3, -0.25) is 14.4 Å². The van der Waals surface area contributed by atoms with Crippen molar-refractivity contribution in [3.8, 4) is 0 Å². The topological polar surface area (TPSA) is 126 Å². The number of esters is 1. The second kappa shape index (κ2) is 20.1. The van der Waals surface area contributed by atoms with Crippen molar-refractivity contribution >= 4 is 17.7 Å². The molecule has 1 rings (SSSR count). The molecular weight excluding hydrogens is 440 g/mol. The van der Waals surface area contributed by atoms with Gasteiger partial charge in [-0.25, -0.2) is 0 Å². The van der Waals surface area contributed by atoms with Gasteiger partial charge in [0.15, 0.2) is 5.78 Å². The van der Waals surface area contributed by atoms with Crippen LogP contribution in [0.15, 0.2) is 30.3 Å². The Kier molecular flexibility index (Phi) is 17.5. The monoisotopic (exact) mass is 480 g/mol. The number of amides is 1. The molecule has 0 fully saturated rings. The Morgan fingerprint density at radius 1 is 0.912 bits per heavy atom. The van der Waals surface area contributed by atoms with Crippen LogP contribution in [0.2, 0.25) is 0 Å².